The third-order valence-electron chi connectivity index (χ3n) is 9.51. The van der Waals surface area contributed by atoms with Crippen LogP contribution in [-0.2, 0) is 9.47 Å². The predicted octanol–water partition coefficient (Wildman–Crippen LogP) is 8.99. The fourth-order valence-corrected chi connectivity index (χ4v) is 7.73. The fraction of sp³-hybridized carbons (Fsp3) is 0.647. The molecule has 4 nitrogen and oxygen atoms in total. The van der Waals surface area contributed by atoms with E-state index in [2.05, 4.69) is 76.2 Å². The summed E-state index contributed by atoms with van der Waals surface area (Å²) >= 11 is 0. The van der Waals surface area contributed by atoms with E-state index in [1.807, 2.05) is 13.8 Å². The van der Waals surface area contributed by atoms with Crippen LogP contribution in [0.4, 0.5) is 0 Å². The van der Waals surface area contributed by atoms with E-state index in [0.717, 1.165) is 56.4 Å². The molecule has 0 aromatic heterocycles. The van der Waals surface area contributed by atoms with E-state index in [0.29, 0.717) is 23.7 Å². The van der Waals surface area contributed by atoms with Gasteiger partial charge in [-0.05, 0) is 118 Å². The molecular formula is C34H48O4. The van der Waals surface area contributed by atoms with Crippen LogP contribution in [-0.4, -0.2) is 23.8 Å². The highest BCUT2D eigenvalue weighted by Crippen LogP contribution is 2.60. The Morgan fingerprint density at radius 3 is 1.34 bits per heavy atom. The summed E-state index contributed by atoms with van der Waals surface area (Å²) in [6, 6.07) is 17.1. The summed E-state index contributed by atoms with van der Waals surface area (Å²) in [7, 11) is 0. The summed E-state index contributed by atoms with van der Waals surface area (Å²) in [6.07, 6.45) is 8.37. The minimum atomic E-state index is -0.296. The van der Waals surface area contributed by atoms with Gasteiger partial charge in [-0.25, -0.2) is 0 Å². The average molecular weight is 521 g/mol. The molecule has 6 rings (SSSR count). The van der Waals surface area contributed by atoms with Crippen LogP contribution in [0.25, 0.3) is 0 Å². The van der Waals surface area contributed by atoms with Crippen LogP contribution in [0.1, 0.15) is 116 Å². The van der Waals surface area contributed by atoms with Gasteiger partial charge >= 0.3 is 0 Å². The molecule has 2 aromatic carbocycles. The molecule has 4 atom stereocenters. The van der Waals surface area contributed by atoms with Crippen LogP contribution < -0.4 is 9.47 Å². The van der Waals surface area contributed by atoms with E-state index < -0.39 is 0 Å². The van der Waals surface area contributed by atoms with E-state index in [-0.39, 0.29) is 23.8 Å². The first-order valence-electron chi connectivity index (χ1n) is 15.1. The van der Waals surface area contributed by atoms with Crippen molar-refractivity contribution in [3.05, 3.63) is 59.7 Å². The van der Waals surface area contributed by atoms with E-state index in [9.17, 15) is 0 Å². The Bertz CT molecular complexity index is 950. The second kappa shape index (κ2) is 11.2. The lowest BCUT2D eigenvalue weighted by molar-refractivity contribution is -0.291. The van der Waals surface area contributed by atoms with Crippen molar-refractivity contribution < 1.29 is 18.9 Å². The van der Waals surface area contributed by atoms with Gasteiger partial charge in [-0.3, -0.25) is 0 Å². The molecule has 0 spiro atoms. The maximum atomic E-state index is 6.78. The maximum absolute atomic E-state index is 6.78. The van der Waals surface area contributed by atoms with Gasteiger partial charge in [0.05, 0.1) is 11.2 Å². The highest BCUT2D eigenvalue weighted by molar-refractivity contribution is 5.30. The summed E-state index contributed by atoms with van der Waals surface area (Å²) in [5.74, 6) is 4.19. The van der Waals surface area contributed by atoms with Crippen molar-refractivity contribution in [2.75, 3.05) is 0 Å². The highest BCUT2D eigenvalue weighted by Gasteiger charge is 2.60. The maximum Gasteiger partial charge on any atom is 0.197 e. The predicted molar refractivity (Wildman–Crippen MR) is 153 cm³/mol. The molecule has 4 aliphatic rings. The lowest BCUT2D eigenvalue weighted by Crippen LogP contribution is -2.62. The molecule has 208 valence electrons. The summed E-state index contributed by atoms with van der Waals surface area (Å²) in [5.41, 5.74) is 2.38. The summed E-state index contributed by atoms with van der Waals surface area (Å²) < 4.78 is 26.1. The van der Waals surface area contributed by atoms with Crippen molar-refractivity contribution in [3.63, 3.8) is 0 Å². The molecule has 0 aliphatic heterocycles. The molecule has 0 heterocycles. The zero-order valence-corrected chi connectivity index (χ0v) is 24.4. The molecule has 4 fully saturated rings. The third kappa shape index (κ3) is 6.07. The van der Waals surface area contributed by atoms with Crippen LogP contribution in [0.3, 0.4) is 0 Å². The Balaban J connectivity index is 1.21. The molecule has 0 saturated heterocycles. The molecule has 4 unspecified atom stereocenters. The Hall–Kier alpha value is -2.04. The van der Waals surface area contributed by atoms with Crippen LogP contribution in [0.15, 0.2) is 48.5 Å². The Kier molecular flexibility index (Phi) is 8.12. The molecule has 0 N–H and O–H groups in total. The SMILES string of the molecule is CCC(C)c1ccc(OC(C)OC23CC4CC(C2)CC(OC(C)Oc2ccc(C(C)CC)cc2)(C4)C3)cc1. The van der Waals surface area contributed by atoms with Crippen molar-refractivity contribution >= 4 is 0 Å². The standard InChI is InChI=1S/C34H48O4/c1-7-23(3)29-9-13-31(14-10-29)35-25(5)37-33-18-27-17-28(19-33)21-34(20-27,22-33)38-26(6)36-32-15-11-30(12-16-32)24(4)8-2/h9-16,23-28H,7-8,17-22H2,1-6H3. The minimum Gasteiger partial charge on any atom is -0.465 e. The van der Waals surface area contributed by atoms with Gasteiger partial charge in [-0.1, -0.05) is 52.0 Å². The number of hydrogen-bond donors (Lipinski definition) is 0. The average Bonchev–Trinajstić information content (AvgIpc) is 2.87. The van der Waals surface area contributed by atoms with Crippen molar-refractivity contribution in [2.45, 2.75) is 129 Å². The quantitative estimate of drug-likeness (QED) is 0.262. The topological polar surface area (TPSA) is 36.9 Å². The van der Waals surface area contributed by atoms with Gasteiger partial charge in [0.15, 0.2) is 12.6 Å². The minimum absolute atomic E-state index is 0.169. The van der Waals surface area contributed by atoms with E-state index >= 15 is 0 Å². The summed E-state index contributed by atoms with van der Waals surface area (Å²) in [4.78, 5) is 0. The molecule has 0 radical (unpaired) electrons. The zero-order valence-electron chi connectivity index (χ0n) is 24.4. The number of hydrogen-bond acceptors (Lipinski definition) is 4. The second-order valence-electron chi connectivity index (χ2n) is 12.7. The first kappa shape index (κ1) is 27.5. The van der Waals surface area contributed by atoms with Crippen LogP contribution >= 0.6 is 0 Å². The molecule has 38 heavy (non-hydrogen) atoms. The third-order valence-corrected chi connectivity index (χ3v) is 9.51. The van der Waals surface area contributed by atoms with Gasteiger partial charge in [0.2, 0.25) is 0 Å². The van der Waals surface area contributed by atoms with Gasteiger partial charge in [0, 0.05) is 6.42 Å². The van der Waals surface area contributed by atoms with Gasteiger partial charge in [-0.2, -0.15) is 0 Å². The molecule has 4 bridgehead atoms. The van der Waals surface area contributed by atoms with Crippen LogP contribution in [0.5, 0.6) is 11.5 Å². The fourth-order valence-electron chi connectivity index (χ4n) is 7.73. The van der Waals surface area contributed by atoms with Crippen LogP contribution in [0, 0.1) is 11.8 Å². The molecular weight excluding hydrogens is 472 g/mol. The molecule has 4 saturated carbocycles. The first-order valence-corrected chi connectivity index (χ1v) is 15.1. The molecule has 0 amide bonds. The van der Waals surface area contributed by atoms with Gasteiger partial charge in [0.1, 0.15) is 11.5 Å². The second-order valence-corrected chi connectivity index (χ2v) is 12.7. The summed E-state index contributed by atoms with van der Waals surface area (Å²) in [5, 5.41) is 0. The normalized spacial score (nSPS) is 31.0. The highest BCUT2D eigenvalue weighted by atomic mass is 16.7. The Morgan fingerprint density at radius 1 is 0.632 bits per heavy atom. The van der Waals surface area contributed by atoms with E-state index in [1.165, 1.54) is 17.5 Å². The number of ether oxygens (including phenoxy) is 4. The molecule has 4 aliphatic carbocycles. The first-order chi connectivity index (χ1) is 18.2. The molecule has 2 aromatic rings. The molecule has 4 heteroatoms. The van der Waals surface area contributed by atoms with Crippen molar-refractivity contribution in [1.82, 2.24) is 0 Å². The Morgan fingerprint density at radius 2 is 1.00 bits per heavy atom. The van der Waals surface area contributed by atoms with Crippen molar-refractivity contribution in [1.29, 1.82) is 0 Å². The number of benzene rings is 2. The number of rotatable bonds is 12. The lowest BCUT2D eigenvalue weighted by atomic mass is 9.52. The van der Waals surface area contributed by atoms with Gasteiger partial charge < -0.3 is 18.9 Å². The van der Waals surface area contributed by atoms with Gasteiger partial charge in [0.25, 0.3) is 0 Å². The lowest BCUT2D eigenvalue weighted by Gasteiger charge is -2.61. The van der Waals surface area contributed by atoms with E-state index in [1.54, 1.807) is 0 Å². The zero-order chi connectivity index (χ0) is 26.9. The largest absolute Gasteiger partial charge is 0.465 e. The van der Waals surface area contributed by atoms with Crippen LogP contribution in [0.2, 0.25) is 0 Å². The smallest absolute Gasteiger partial charge is 0.197 e. The monoisotopic (exact) mass is 520 g/mol. The summed E-state index contributed by atoms with van der Waals surface area (Å²) in [6.45, 7) is 13.1. The Labute approximate surface area is 230 Å². The van der Waals surface area contributed by atoms with Crippen molar-refractivity contribution in [2.24, 2.45) is 11.8 Å². The van der Waals surface area contributed by atoms with E-state index in [4.69, 9.17) is 18.9 Å². The van der Waals surface area contributed by atoms with Crippen molar-refractivity contribution in [3.8, 4) is 11.5 Å². The van der Waals surface area contributed by atoms with Gasteiger partial charge in [-0.15, -0.1) is 0 Å².